The van der Waals surface area contributed by atoms with Crippen LogP contribution in [0.3, 0.4) is 0 Å². The van der Waals surface area contributed by atoms with E-state index in [-0.39, 0.29) is 11.6 Å². The van der Waals surface area contributed by atoms with E-state index in [1.807, 2.05) is 11.8 Å². The van der Waals surface area contributed by atoms with Crippen LogP contribution in [-0.2, 0) is 4.74 Å². The Morgan fingerprint density at radius 2 is 2.45 bits per heavy atom. The van der Waals surface area contributed by atoms with Crippen LogP contribution in [0.5, 0.6) is 0 Å². The summed E-state index contributed by atoms with van der Waals surface area (Å²) in [6.45, 7) is 4.46. The third-order valence-corrected chi connectivity index (χ3v) is 4.85. The molecule has 0 aromatic rings. The number of hydrogen-bond acceptors (Lipinski definition) is 2. The summed E-state index contributed by atoms with van der Waals surface area (Å²) in [4.78, 5) is 0. The second-order valence-corrected chi connectivity index (χ2v) is 4.73. The molecule has 1 unspecified atom stereocenters. The fraction of sp³-hybridized carbons (Fsp3) is 1.00. The highest BCUT2D eigenvalue weighted by molar-refractivity contribution is 8.00. The van der Waals surface area contributed by atoms with Crippen LogP contribution in [0.1, 0.15) is 20.3 Å². The molecular formula is C8H13BOS. The predicted octanol–water partition coefficient (Wildman–Crippen LogP) is 1.41. The number of thioether (sulfide) groups is 1. The maximum atomic E-state index is 5.83. The topological polar surface area (TPSA) is 9.23 Å². The molecule has 0 aliphatic carbocycles. The first-order valence-electron chi connectivity index (χ1n) is 4.24. The fourth-order valence-corrected chi connectivity index (χ4v) is 3.97. The third kappa shape index (κ3) is 0.904. The van der Waals surface area contributed by atoms with Crippen molar-refractivity contribution >= 4 is 19.6 Å². The lowest BCUT2D eigenvalue weighted by molar-refractivity contribution is -0.0154. The summed E-state index contributed by atoms with van der Waals surface area (Å²) < 4.78 is 5.77. The Morgan fingerprint density at radius 1 is 1.73 bits per heavy atom. The van der Waals surface area contributed by atoms with Crippen LogP contribution in [0.2, 0.25) is 0 Å². The smallest absolute Gasteiger partial charge is 0.110 e. The molecule has 2 bridgehead atoms. The van der Waals surface area contributed by atoms with Gasteiger partial charge in [-0.05, 0) is 12.3 Å². The van der Waals surface area contributed by atoms with Crippen LogP contribution in [0.25, 0.3) is 0 Å². The third-order valence-electron chi connectivity index (χ3n) is 3.14. The van der Waals surface area contributed by atoms with Crippen LogP contribution in [-0.4, -0.2) is 30.5 Å². The molecule has 0 aromatic heterocycles. The van der Waals surface area contributed by atoms with E-state index < -0.39 is 0 Å². The first-order chi connectivity index (χ1) is 5.19. The van der Waals surface area contributed by atoms with E-state index in [2.05, 4.69) is 13.8 Å². The number of hydrogen-bond donors (Lipinski definition) is 0. The first-order valence-corrected chi connectivity index (χ1v) is 5.29. The molecule has 60 valence electrons. The molecular weight excluding hydrogens is 155 g/mol. The van der Waals surface area contributed by atoms with Gasteiger partial charge in [0, 0.05) is 17.0 Å². The number of rotatable bonds is 1. The molecule has 0 saturated carbocycles. The Morgan fingerprint density at radius 3 is 2.73 bits per heavy atom. The van der Waals surface area contributed by atoms with Gasteiger partial charge in [-0.25, -0.2) is 0 Å². The Kier molecular flexibility index (Phi) is 1.77. The summed E-state index contributed by atoms with van der Waals surface area (Å²) in [5, 5.41) is 0.551. The zero-order valence-electron chi connectivity index (χ0n) is 7.04. The minimum Gasteiger partial charge on any atom is -0.379 e. The van der Waals surface area contributed by atoms with Crippen molar-refractivity contribution < 1.29 is 4.74 Å². The van der Waals surface area contributed by atoms with Gasteiger partial charge in [-0.2, -0.15) is 11.8 Å². The van der Waals surface area contributed by atoms with Crippen molar-refractivity contribution in [2.75, 3.05) is 5.75 Å². The molecule has 2 rings (SSSR count). The number of ether oxygens (including phenoxy) is 1. The highest BCUT2D eigenvalue weighted by atomic mass is 32.2. The van der Waals surface area contributed by atoms with Crippen molar-refractivity contribution in [3.05, 3.63) is 0 Å². The van der Waals surface area contributed by atoms with Crippen LogP contribution in [0.4, 0.5) is 0 Å². The van der Waals surface area contributed by atoms with E-state index >= 15 is 0 Å². The van der Waals surface area contributed by atoms with Gasteiger partial charge in [0.15, 0.2) is 0 Å². The standard InChI is InChI=1S/C8H13BOS/c1-3-8-4-11-6(5(8)2)7(9)10-8/h5-7H,3-4H2,1-2H3/t5?,6-,7-,8-/m1/s1. The van der Waals surface area contributed by atoms with Crippen LogP contribution >= 0.6 is 11.8 Å². The Labute approximate surface area is 73.7 Å². The van der Waals surface area contributed by atoms with Crippen LogP contribution in [0, 0.1) is 5.92 Å². The molecule has 0 N–H and O–H groups in total. The lowest BCUT2D eigenvalue weighted by Crippen LogP contribution is -2.35. The zero-order chi connectivity index (χ0) is 8.06. The van der Waals surface area contributed by atoms with Gasteiger partial charge in [0.05, 0.1) is 5.60 Å². The number of fused-ring (bicyclic) bond motifs is 2. The normalized spacial score (nSPS) is 55.3. The molecule has 2 aliphatic rings. The molecule has 2 heterocycles. The van der Waals surface area contributed by atoms with Crippen molar-refractivity contribution in [3.8, 4) is 0 Å². The summed E-state index contributed by atoms with van der Waals surface area (Å²) in [6, 6.07) is -0.0105. The van der Waals surface area contributed by atoms with Crippen molar-refractivity contribution in [1.29, 1.82) is 0 Å². The molecule has 2 fully saturated rings. The van der Waals surface area contributed by atoms with Gasteiger partial charge in [-0.15, -0.1) is 0 Å². The van der Waals surface area contributed by atoms with E-state index in [1.165, 1.54) is 0 Å². The molecule has 0 aromatic carbocycles. The van der Waals surface area contributed by atoms with Gasteiger partial charge < -0.3 is 4.74 Å². The highest BCUT2D eigenvalue weighted by Gasteiger charge is 2.55. The second kappa shape index (κ2) is 2.43. The summed E-state index contributed by atoms with van der Waals surface area (Å²) in [7, 11) is 5.83. The summed E-state index contributed by atoms with van der Waals surface area (Å²) in [5.41, 5.74) is 0.120. The van der Waals surface area contributed by atoms with Crippen molar-refractivity contribution in [1.82, 2.24) is 0 Å². The van der Waals surface area contributed by atoms with Gasteiger partial charge in [-0.3, -0.25) is 0 Å². The predicted molar refractivity (Wildman–Crippen MR) is 49.1 cm³/mol. The second-order valence-electron chi connectivity index (χ2n) is 3.57. The minimum atomic E-state index is -0.0105. The SMILES string of the molecule is [B][C@@H]1O[C@]2(CC)CS[C@@H]1C2C. The Hall–Kier alpha value is 0.375. The quantitative estimate of drug-likeness (QED) is 0.547. The summed E-state index contributed by atoms with van der Waals surface area (Å²) in [6.07, 6.45) is 1.10. The molecule has 0 amide bonds. The Bertz CT molecular complexity index is 175. The van der Waals surface area contributed by atoms with Crippen LogP contribution < -0.4 is 0 Å². The van der Waals surface area contributed by atoms with Gasteiger partial charge in [-0.1, -0.05) is 13.8 Å². The summed E-state index contributed by atoms with van der Waals surface area (Å²) in [5.74, 6) is 1.79. The van der Waals surface area contributed by atoms with Crippen LogP contribution in [0.15, 0.2) is 0 Å². The maximum absolute atomic E-state index is 5.83. The van der Waals surface area contributed by atoms with Gasteiger partial charge >= 0.3 is 0 Å². The molecule has 1 nitrogen and oxygen atoms in total. The molecule has 2 radical (unpaired) electrons. The highest BCUT2D eigenvalue weighted by Crippen LogP contribution is 2.52. The van der Waals surface area contributed by atoms with E-state index in [1.54, 1.807) is 0 Å². The lowest BCUT2D eigenvalue weighted by atomic mass is 9.85. The van der Waals surface area contributed by atoms with Crippen molar-refractivity contribution in [3.63, 3.8) is 0 Å². The largest absolute Gasteiger partial charge is 0.379 e. The molecule has 2 aliphatic heterocycles. The molecule has 0 spiro atoms. The van der Waals surface area contributed by atoms with Crippen molar-refractivity contribution in [2.24, 2.45) is 5.92 Å². The van der Waals surface area contributed by atoms with E-state index in [0.717, 1.165) is 12.2 Å². The van der Waals surface area contributed by atoms with Crippen molar-refractivity contribution in [2.45, 2.75) is 37.1 Å². The van der Waals surface area contributed by atoms with Gasteiger partial charge in [0.25, 0.3) is 0 Å². The molecule has 11 heavy (non-hydrogen) atoms. The van der Waals surface area contributed by atoms with Gasteiger partial charge in [0.1, 0.15) is 7.85 Å². The van der Waals surface area contributed by atoms with Gasteiger partial charge in [0.2, 0.25) is 0 Å². The van der Waals surface area contributed by atoms with E-state index in [4.69, 9.17) is 12.6 Å². The monoisotopic (exact) mass is 168 g/mol. The fourth-order valence-electron chi connectivity index (χ4n) is 2.18. The Balaban J connectivity index is 2.24. The van der Waals surface area contributed by atoms with E-state index in [0.29, 0.717) is 11.2 Å². The lowest BCUT2D eigenvalue weighted by Gasteiger charge is -2.29. The average Bonchev–Trinajstić information content (AvgIpc) is 2.42. The first kappa shape index (κ1) is 8.00. The van der Waals surface area contributed by atoms with E-state index in [9.17, 15) is 0 Å². The molecule has 3 heteroatoms. The zero-order valence-corrected chi connectivity index (χ0v) is 7.86. The maximum Gasteiger partial charge on any atom is 0.110 e. The summed E-state index contributed by atoms with van der Waals surface area (Å²) >= 11 is 1.98. The molecule has 2 saturated heterocycles. The molecule has 4 atom stereocenters. The average molecular weight is 168 g/mol. The minimum absolute atomic E-state index is 0.0105.